The molecule has 0 aromatic heterocycles. The molecule has 0 spiro atoms. The minimum absolute atomic E-state index is 0.125. The van der Waals surface area contributed by atoms with Gasteiger partial charge >= 0.3 is 12.1 Å². The topological polar surface area (TPSA) is 65.1 Å². The molecule has 3 rings (SSSR count). The third-order valence-corrected chi connectivity index (χ3v) is 5.06. The zero-order valence-corrected chi connectivity index (χ0v) is 18.8. The van der Waals surface area contributed by atoms with Gasteiger partial charge in [-0.25, -0.2) is 9.59 Å². The molecule has 0 radical (unpaired) electrons. The number of ether oxygens (including phenoxy) is 1. The summed E-state index contributed by atoms with van der Waals surface area (Å²) in [5, 5.41) is 3.02. The van der Waals surface area contributed by atoms with Crippen LogP contribution in [0.25, 0.3) is 0 Å². The zero-order valence-electron chi connectivity index (χ0n) is 18.8. The number of nitrogens with zero attached hydrogens (tertiary/aromatic N) is 3. The number of hydrogen-bond donors (Lipinski definition) is 1. The van der Waals surface area contributed by atoms with E-state index in [1.54, 1.807) is 7.05 Å². The molecular weight excluding hydrogens is 392 g/mol. The van der Waals surface area contributed by atoms with Crippen LogP contribution in [0, 0.1) is 0 Å². The van der Waals surface area contributed by atoms with E-state index in [2.05, 4.69) is 22.3 Å². The van der Waals surface area contributed by atoms with Crippen LogP contribution in [0.3, 0.4) is 0 Å². The number of amides is 3. The van der Waals surface area contributed by atoms with Crippen LogP contribution in [0.1, 0.15) is 26.3 Å². The lowest BCUT2D eigenvalue weighted by molar-refractivity contribution is 0.0285. The van der Waals surface area contributed by atoms with Gasteiger partial charge in [-0.05, 0) is 44.5 Å². The Morgan fingerprint density at radius 2 is 1.58 bits per heavy atom. The van der Waals surface area contributed by atoms with Crippen LogP contribution in [0.15, 0.2) is 54.6 Å². The molecule has 0 saturated carbocycles. The number of rotatable bonds is 4. The average molecular weight is 425 g/mol. The van der Waals surface area contributed by atoms with Crippen molar-refractivity contribution in [1.82, 2.24) is 9.80 Å². The van der Waals surface area contributed by atoms with Crippen LogP contribution in [-0.4, -0.2) is 60.8 Å². The molecule has 1 fully saturated rings. The van der Waals surface area contributed by atoms with E-state index in [4.69, 9.17) is 4.74 Å². The number of piperazine rings is 1. The summed E-state index contributed by atoms with van der Waals surface area (Å²) in [6.07, 6.45) is -0.398. The van der Waals surface area contributed by atoms with Crippen molar-refractivity contribution in [3.05, 3.63) is 60.2 Å². The minimum atomic E-state index is -0.555. The van der Waals surface area contributed by atoms with Gasteiger partial charge in [0.2, 0.25) is 0 Å². The second-order valence-electron chi connectivity index (χ2n) is 8.73. The fourth-order valence-corrected chi connectivity index (χ4v) is 3.44. The molecule has 1 heterocycles. The van der Waals surface area contributed by atoms with Crippen LogP contribution in [0.2, 0.25) is 0 Å². The van der Waals surface area contributed by atoms with Crippen LogP contribution in [-0.2, 0) is 11.3 Å². The van der Waals surface area contributed by atoms with Crippen molar-refractivity contribution in [3.8, 4) is 0 Å². The maximum atomic E-state index is 12.9. The van der Waals surface area contributed by atoms with Crippen molar-refractivity contribution in [2.45, 2.75) is 32.9 Å². The number of para-hydroxylation sites is 2. The van der Waals surface area contributed by atoms with Gasteiger partial charge in [0.05, 0.1) is 6.54 Å². The molecule has 1 N–H and O–H groups in total. The summed E-state index contributed by atoms with van der Waals surface area (Å²) in [5.41, 5.74) is 2.18. The second-order valence-corrected chi connectivity index (χ2v) is 8.73. The Kier molecular flexibility index (Phi) is 7.05. The van der Waals surface area contributed by atoms with Gasteiger partial charge in [0.1, 0.15) is 5.60 Å². The van der Waals surface area contributed by atoms with Crippen molar-refractivity contribution in [1.29, 1.82) is 0 Å². The largest absolute Gasteiger partial charge is 0.444 e. The van der Waals surface area contributed by atoms with Gasteiger partial charge in [-0.15, -0.1) is 0 Å². The lowest BCUT2D eigenvalue weighted by Gasteiger charge is -2.36. The summed E-state index contributed by atoms with van der Waals surface area (Å²) < 4.78 is 5.42. The van der Waals surface area contributed by atoms with Gasteiger partial charge in [-0.2, -0.15) is 0 Å². The standard InChI is InChI=1S/C24H32N4O3/c1-24(2,3)31-23(30)26(4)18-19-10-8-9-13-21(19)25-22(29)28-16-14-27(15-17-28)20-11-6-5-7-12-20/h5-13H,14-18H2,1-4H3,(H,25,29). The first-order chi connectivity index (χ1) is 14.7. The van der Waals surface area contributed by atoms with Crippen LogP contribution >= 0.6 is 0 Å². The van der Waals surface area contributed by atoms with Crippen LogP contribution in [0.5, 0.6) is 0 Å². The highest BCUT2D eigenvalue weighted by atomic mass is 16.6. The SMILES string of the molecule is CN(Cc1ccccc1NC(=O)N1CCN(c2ccccc2)CC1)C(=O)OC(C)(C)C. The Morgan fingerprint density at radius 3 is 2.23 bits per heavy atom. The number of carbonyl (C=O) groups excluding carboxylic acids is 2. The van der Waals surface area contributed by atoms with Gasteiger partial charge < -0.3 is 24.8 Å². The average Bonchev–Trinajstić information content (AvgIpc) is 2.74. The molecule has 1 aliphatic rings. The van der Waals surface area contributed by atoms with E-state index in [0.717, 1.165) is 18.7 Å². The zero-order chi connectivity index (χ0) is 22.4. The van der Waals surface area contributed by atoms with E-state index in [1.165, 1.54) is 10.6 Å². The molecule has 0 aliphatic carbocycles. The molecule has 31 heavy (non-hydrogen) atoms. The molecule has 7 heteroatoms. The third-order valence-electron chi connectivity index (χ3n) is 5.06. The van der Waals surface area contributed by atoms with E-state index in [-0.39, 0.29) is 6.03 Å². The van der Waals surface area contributed by atoms with Crippen LogP contribution in [0.4, 0.5) is 21.0 Å². The minimum Gasteiger partial charge on any atom is -0.444 e. The van der Waals surface area contributed by atoms with Crippen molar-refractivity contribution in [3.63, 3.8) is 0 Å². The summed E-state index contributed by atoms with van der Waals surface area (Å²) in [6.45, 7) is 8.74. The van der Waals surface area contributed by atoms with E-state index < -0.39 is 11.7 Å². The predicted molar refractivity (Wildman–Crippen MR) is 123 cm³/mol. The molecule has 7 nitrogen and oxygen atoms in total. The fourth-order valence-electron chi connectivity index (χ4n) is 3.44. The van der Waals surface area contributed by atoms with Gasteiger partial charge in [0.15, 0.2) is 0 Å². The Hall–Kier alpha value is -3.22. The lowest BCUT2D eigenvalue weighted by Crippen LogP contribution is -2.50. The van der Waals surface area contributed by atoms with Gasteiger partial charge in [0.25, 0.3) is 0 Å². The summed E-state index contributed by atoms with van der Waals surface area (Å²) in [4.78, 5) is 30.8. The Balaban J connectivity index is 1.58. The quantitative estimate of drug-likeness (QED) is 0.790. The van der Waals surface area contributed by atoms with Crippen molar-refractivity contribution >= 4 is 23.5 Å². The van der Waals surface area contributed by atoms with E-state index in [1.807, 2.05) is 68.1 Å². The molecule has 0 atom stereocenters. The second kappa shape index (κ2) is 9.73. The van der Waals surface area contributed by atoms with Crippen LogP contribution < -0.4 is 10.2 Å². The number of carbonyl (C=O) groups is 2. The van der Waals surface area contributed by atoms with Gasteiger partial charge in [-0.3, -0.25) is 0 Å². The molecule has 1 saturated heterocycles. The highest BCUT2D eigenvalue weighted by molar-refractivity contribution is 5.90. The highest BCUT2D eigenvalue weighted by Gasteiger charge is 2.23. The number of hydrogen-bond acceptors (Lipinski definition) is 4. The third kappa shape index (κ3) is 6.38. The Labute approximate surface area is 184 Å². The van der Waals surface area contributed by atoms with E-state index in [9.17, 15) is 9.59 Å². The first kappa shape index (κ1) is 22.5. The molecular formula is C24H32N4O3. The number of anilines is 2. The summed E-state index contributed by atoms with van der Waals surface area (Å²) >= 11 is 0. The fraction of sp³-hybridized carbons (Fsp3) is 0.417. The predicted octanol–water partition coefficient (Wildman–Crippen LogP) is 4.41. The maximum Gasteiger partial charge on any atom is 0.410 e. The van der Waals surface area contributed by atoms with Gasteiger partial charge in [0, 0.05) is 44.6 Å². The molecule has 166 valence electrons. The molecule has 0 bridgehead atoms. The first-order valence-electron chi connectivity index (χ1n) is 10.6. The summed E-state index contributed by atoms with van der Waals surface area (Å²) in [5.74, 6) is 0. The van der Waals surface area contributed by atoms with Crippen molar-refractivity contribution in [2.75, 3.05) is 43.4 Å². The molecule has 3 amide bonds. The maximum absolute atomic E-state index is 12.9. The molecule has 1 aliphatic heterocycles. The number of benzene rings is 2. The Morgan fingerprint density at radius 1 is 0.968 bits per heavy atom. The van der Waals surface area contributed by atoms with Crippen molar-refractivity contribution < 1.29 is 14.3 Å². The first-order valence-corrected chi connectivity index (χ1v) is 10.6. The molecule has 2 aromatic rings. The smallest absolute Gasteiger partial charge is 0.410 e. The van der Waals surface area contributed by atoms with Crippen molar-refractivity contribution in [2.24, 2.45) is 0 Å². The van der Waals surface area contributed by atoms with Gasteiger partial charge in [-0.1, -0.05) is 36.4 Å². The molecule has 2 aromatic carbocycles. The molecule has 0 unspecified atom stereocenters. The summed E-state index contributed by atoms with van der Waals surface area (Å²) in [7, 11) is 1.69. The van der Waals surface area contributed by atoms with E-state index >= 15 is 0 Å². The van der Waals surface area contributed by atoms with E-state index in [0.29, 0.717) is 25.3 Å². The highest BCUT2D eigenvalue weighted by Crippen LogP contribution is 2.20. The number of nitrogens with one attached hydrogen (secondary N) is 1. The monoisotopic (exact) mass is 424 g/mol. The Bertz CT molecular complexity index is 887. The number of urea groups is 1. The lowest BCUT2D eigenvalue weighted by atomic mass is 10.1. The summed E-state index contributed by atoms with van der Waals surface area (Å²) in [6, 6.07) is 17.7. The normalized spacial score (nSPS) is 14.2.